The van der Waals surface area contributed by atoms with Crippen LogP contribution >= 0.6 is 0 Å². The third-order valence-corrected chi connectivity index (χ3v) is 4.48. The molecule has 7 nitrogen and oxygen atoms in total. The first-order valence-corrected chi connectivity index (χ1v) is 7.63. The van der Waals surface area contributed by atoms with Crippen LogP contribution in [0, 0.1) is 17.0 Å². The number of nitro benzene ring substituents is 1. The number of nitro groups is 1. The lowest BCUT2D eigenvalue weighted by Crippen LogP contribution is -2.35. The van der Waals surface area contributed by atoms with E-state index in [1.54, 1.807) is 13.0 Å². The summed E-state index contributed by atoms with van der Waals surface area (Å²) in [6.45, 7) is 1.61. The van der Waals surface area contributed by atoms with Gasteiger partial charge in [0.25, 0.3) is 11.6 Å². The zero-order valence-electron chi connectivity index (χ0n) is 14.0. The highest BCUT2D eigenvalue weighted by molar-refractivity contribution is 5.95. The molecule has 0 aromatic heterocycles. The van der Waals surface area contributed by atoms with Gasteiger partial charge in [-0.05, 0) is 46.3 Å². The molecule has 1 fully saturated rings. The van der Waals surface area contributed by atoms with Crippen LogP contribution in [-0.2, 0) is 0 Å². The molecule has 0 heterocycles. The summed E-state index contributed by atoms with van der Waals surface area (Å²) >= 11 is 0. The fourth-order valence-corrected chi connectivity index (χ4v) is 3.03. The molecule has 1 N–H and O–H groups in total. The molecule has 1 saturated carbocycles. The van der Waals surface area contributed by atoms with Crippen molar-refractivity contribution in [2.24, 2.45) is 0 Å². The van der Waals surface area contributed by atoms with Crippen molar-refractivity contribution in [3.05, 3.63) is 33.4 Å². The number of benzene rings is 1. The fraction of sp³-hybridized carbons (Fsp3) is 0.562. The van der Waals surface area contributed by atoms with Gasteiger partial charge in [0.1, 0.15) is 5.75 Å². The predicted molar refractivity (Wildman–Crippen MR) is 87.0 cm³/mol. The maximum atomic E-state index is 12.4. The lowest BCUT2D eigenvalue weighted by Gasteiger charge is -2.19. The molecule has 1 aliphatic carbocycles. The molecule has 126 valence electrons. The van der Waals surface area contributed by atoms with Crippen molar-refractivity contribution in [3.63, 3.8) is 0 Å². The lowest BCUT2D eigenvalue weighted by molar-refractivity contribution is -0.385. The van der Waals surface area contributed by atoms with Crippen LogP contribution < -0.4 is 10.1 Å². The summed E-state index contributed by atoms with van der Waals surface area (Å²) in [6, 6.07) is 3.42. The van der Waals surface area contributed by atoms with Gasteiger partial charge in [-0.25, -0.2) is 0 Å². The van der Waals surface area contributed by atoms with Crippen molar-refractivity contribution in [2.75, 3.05) is 21.2 Å². The highest BCUT2D eigenvalue weighted by atomic mass is 16.6. The third-order valence-electron chi connectivity index (χ3n) is 4.48. The Hall–Kier alpha value is -2.15. The first-order chi connectivity index (χ1) is 10.8. The van der Waals surface area contributed by atoms with Gasteiger partial charge in [-0.3, -0.25) is 14.9 Å². The van der Waals surface area contributed by atoms with E-state index < -0.39 is 4.92 Å². The maximum Gasteiger partial charge on any atom is 0.276 e. The zero-order chi connectivity index (χ0) is 17.1. The quantitative estimate of drug-likeness (QED) is 0.663. The van der Waals surface area contributed by atoms with Gasteiger partial charge >= 0.3 is 0 Å². The summed E-state index contributed by atoms with van der Waals surface area (Å²) in [5.41, 5.74) is 0.571. The molecule has 0 radical (unpaired) electrons. The van der Waals surface area contributed by atoms with E-state index in [9.17, 15) is 14.9 Å². The van der Waals surface area contributed by atoms with Gasteiger partial charge in [0.2, 0.25) is 0 Å². The van der Waals surface area contributed by atoms with Crippen LogP contribution in [0.2, 0.25) is 0 Å². The molecule has 1 amide bonds. The molecule has 0 spiro atoms. The standard InChI is InChI=1S/C16H23N3O4/c1-10-14(19(21)22)7-11(8-15(10)23-4)16(20)17-12-5-6-13(9-12)18(2)3/h7-8,12-13H,5-6,9H2,1-4H3,(H,17,20)/t12-,13+/m1/s1. The van der Waals surface area contributed by atoms with Crippen LogP contribution in [0.3, 0.4) is 0 Å². The minimum atomic E-state index is -0.494. The smallest absolute Gasteiger partial charge is 0.276 e. The molecule has 23 heavy (non-hydrogen) atoms. The van der Waals surface area contributed by atoms with E-state index >= 15 is 0 Å². The monoisotopic (exact) mass is 321 g/mol. The van der Waals surface area contributed by atoms with E-state index in [0.29, 0.717) is 17.4 Å². The predicted octanol–water partition coefficient (Wildman–Crippen LogP) is 2.12. The van der Waals surface area contributed by atoms with Crippen molar-refractivity contribution < 1.29 is 14.5 Å². The second-order valence-corrected chi connectivity index (χ2v) is 6.18. The maximum absolute atomic E-state index is 12.4. The van der Waals surface area contributed by atoms with E-state index in [0.717, 1.165) is 19.3 Å². The van der Waals surface area contributed by atoms with Crippen LogP contribution in [0.5, 0.6) is 5.75 Å². The Bertz CT molecular complexity index is 616. The second kappa shape index (κ2) is 6.95. The first-order valence-electron chi connectivity index (χ1n) is 7.63. The number of hydrogen-bond donors (Lipinski definition) is 1. The van der Waals surface area contributed by atoms with E-state index in [4.69, 9.17) is 4.74 Å². The van der Waals surface area contributed by atoms with E-state index in [-0.39, 0.29) is 23.2 Å². The highest BCUT2D eigenvalue weighted by Crippen LogP contribution is 2.30. The lowest BCUT2D eigenvalue weighted by atomic mass is 10.1. The van der Waals surface area contributed by atoms with Crippen molar-refractivity contribution in [2.45, 2.75) is 38.3 Å². The van der Waals surface area contributed by atoms with Gasteiger partial charge in [-0.2, -0.15) is 0 Å². The number of ether oxygens (including phenoxy) is 1. The topological polar surface area (TPSA) is 84.7 Å². The van der Waals surface area contributed by atoms with E-state index in [1.807, 2.05) is 14.1 Å². The third kappa shape index (κ3) is 3.79. The molecule has 1 aliphatic rings. The van der Waals surface area contributed by atoms with Crippen LogP contribution in [0.1, 0.15) is 35.2 Å². The number of amides is 1. The van der Waals surface area contributed by atoms with Gasteiger partial charge in [0.05, 0.1) is 17.6 Å². The first kappa shape index (κ1) is 17.2. The van der Waals surface area contributed by atoms with Gasteiger partial charge in [-0.1, -0.05) is 0 Å². The normalized spacial score (nSPS) is 20.6. The molecule has 2 atom stereocenters. The number of rotatable bonds is 5. The molecule has 2 rings (SSSR count). The fourth-order valence-electron chi connectivity index (χ4n) is 3.03. The average Bonchev–Trinajstić information content (AvgIpc) is 2.95. The number of methoxy groups -OCH3 is 1. The Balaban J connectivity index is 2.16. The number of nitrogens with one attached hydrogen (secondary N) is 1. The Morgan fingerprint density at radius 1 is 1.39 bits per heavy atom. The number of hydrogen-bond acceptors (Lipinski definition) is 5. The van der Waals surface area contributed by atoms with Crippen LogP contribution in [0.4, 0.5) is 5.69 Å². The van der Waals surface area contributed by atoms with Gasteiger partial charge in [0.15, 0.2) is 0 Å². The molecule has 1 aromatic rings. The van der Waals surface area contributed by atoms with Gasteiger partial charge < -0.3 is 15.0 Å². The zero-order valence-corrected chi connectivity index (χ0v) is 14.0. The summed E-state index contributed by atoms with van der Waals surface area (Å²) < 4.78 is 5.15. The van der Waals surface area contributed by atoms with Crippen molar-refractivity contribution >= 4 is 11.6 Å². The minimum absolute atomic E-state index is 0.0984. The Morgan fingerprint density at radius 2 is 2.09 bits per heavy atom. The Kier molecular flexibility index (Phi) is 5.20. The summed E-state index contributed by atoms with van der Waals surface area (Å²) in [5, 5.41) is 14.1. The van der Waals surface area contributed by atoms with Crippen molar-refractivity contribution in [1.29, 1.82) is 0 Å². The largest absolute Gasteiger partial charge is 0.496 e. The molecule has 7 heteroatoms. The Morgan fingerprint density at radius 3 is 2.61 bits per heavy atom. The van der Waals surface area contributed by atoms with Crippen LogP contribution in [0.25, 0.3) is 0 Å². The molecule has 1 aromatic carbocycles. The summed E-state index contributed by atoms with van der Waals surface area (Å²) in [4.78, 5) is 25.2. The molecular formula is C16H23N3O4. The SMILES string of the molecule is COc1cc(C(=O)N[C@@H]2CC[C@H](N(C)C)C2)cc([N+](=O)[O-])c1C. The molecular weight excluding hydrogens is 298 g/mol. The van der Waals surface area contributed by atoms with Crippen LogP contribution in [-0.4, -0.2) is 49.0 Å². The molecule has 0 aliphatic heterocycles. The second-order valence-electron chi connectivity index (χ2n) is 6.18. The van der Waals surface area contributed by atoms with E-state index in [1.165, 1.54) is 13.2 Å². The van der Waals surface area contributed by atoms with Gasteiger partial charge in [0, 0.05) is 23.7 Å². The highest BCUT2D eigenvalue weighted by Gasteiger charge is 2.28. The number of carbonyl (C=O) groups is 1. The molecule has 0 unspecified atom stereocenters. The van der Waals surface area contributed by atoms with Crippen LogP contribution in [0.15, 0.2) is 12.1 Å². The van der Waals surface area contributed by atoms with Crippen molar-refractivity contribution in [3.8, 4) is 5.75 Å². The minimum Gasteiger partial charge on any atom is -0.496 e. The summed E-state index contributed by atoms with van der Waals surface area (Å²) in [5.74, 6) is 0.0535. The van der Waals surface area contributed by atoms with E-state index in [2.05, 4.69) is 10.2 Å². The number of nitrogens with zero attached hydrogens (tertiary/aromatic N) is 2. The van der Waals surface area contributed by atoms with Gasteiger partial charge in [-0.15, -0.1) is 0 Å². The molecule has 0 saturated heterocycles. The summed E-state index contributed by atoms with van der Waals surface area (Å²) in [6.07, 6.45) is 2.85. The number of carbonyl (C=O) groups excluding carboxylic acids is 1. The Labute approximate surface area is 135 Å². The average molecular weight is 321 g/mol. The molecule has 0 bridgehead atoms. The summed E-state index contributed by atoms with van der Waals surface area (Å²) in [7, 11) is 5.50. The van der Waals surface area contributed by atoms with Crippen molar-refractivity contribution in [1.82, 2.24) is 10.2 Å².